The van der Waals surface area contributed by atoms with E-state index in [1.54, 1.807) is 24.3 Å². The maximum absolute atomic E-state index is 12.6. The minimum absolute atomic E-state index is 0.0142. The Balaban J connectivity index is 1.81. The highest BCUT2D eigenvalue weighted by Crippen LogP contribution is 2.28. The summed E-state index contributed by atoms with van der Waals surface area (Å²) in [6.45, 7) is 0. The smallest absolute Gasteiger partial charge is 0.280 e. The summed E-state index contributed by atoms with van der Waals surface area (Å²) in [6, 6.07) is 17.9. The number of hydrazone groups is 1. The van der Waals surface area contributed by atoms with Crippen molar-refractivity contribution in [2.45, 2.75) is 4.90 Å². The molecule has 3 rings (SSSR count). The fraction of sp³-hybridized carbons (Fsp3) is 0. The SMILES string of the molecule is N#Cc1ccc(C=NNc2ccc(S(=O)(=O)Nc3ccc(Cl)cc3)cc2[N+](=O)[O-])cc1. The van der Waals surface area contributed by atoms with E-state index in [0.29, 0.717) is 16.1 Å². The van der Waals surface area contributed by atoms with Crippen LogP contribution >= 0.6 is 11.6 Å². The first-order valence-electron chi connectivity index (χ1n) is 8.64. The van der Waals surface area contributed by atoms with Crippen molar-refractivity contribution in [2.75, 3.05) is 10.1 Å². The third kappa shape index (κ3) is 5.57. The van der Waals surface area contributed by atoms with Gasteiger partial charge in [0.05, 0.1) is 27.7 Å². The first-order chi connectivity index (χ1) is 14.8. The predicted octanol–water partition coefficient (Wildman–Crippen LogP) is 4.37. The fourth-order valence-electron chi connectivity index (χ4n) is 2.48. The zero-order valence-electron chi connectivity index (χ0n) is 15.7. The van der Waals surface area contributed by atoms with Crippen molar-refractivity contribution in [3.05, 3.63) is 93.0 Å². The lowest BCUT2D eigenvalue weighted by molar-refractivity contribution is -0.384. The van der Waals surface area contributed by atoms with Crippen LogP contribution < -0.4 is 10.1 Å². The minimum Gasteiger partial charge on any atom is -0.280 e. The first kappa shape index (κ1) is 21.8. The number of nitro groups is 1. The van der Waals surface area contributed by atoms with Crippen LogP contribution in [-0.4, -0.2) is 19.6 Å². The maximum atomic E-state index is 12.6. The number of halogens is 1. The van der Waals surface area contributed by atoms with Crippen LogP contribution in [0.1, 0.15) is 11.1 Å². The van der Waals surface area contributed by atoms with Crippen molar-refractivity contribution < 1.29 is 13.3 Å². The van der Waals surface area contributed by atoms with Gasteiger partial charge in [-0.1, -0.05) is 23.7 Å². The Hall–Kier alpha value is -3.94. The second-order valence-corrected chi connectivity index (χ2v) is 8.27. The summed E-state index contributed by atoms with van der Waals surface area (Å²) in [5.74, 6) is 0. The topological polar surface area (TPSA) is 137 Å². The van der Waals surface area contributed by atoms with Crippen LogP contribution in [0.4, 0.5) is 17.1 Å². The number of benzene rings is 3. The Labute approximate surface area is 182 Å². The second kappa shape index (κ2) is 9.25. The molecule has 3 aromatic rings. The minimum atomic E-state index is -4.06. The molecule has 3 aromatic carbocycles. The van der Waals surface area contributed by atoms with Gasteiger partial charge in [0.15, 0.2) is 0 Å². The lowest BCUT2D eigenvalue weighted by Crippen LogP contribution is -2.13. The molecule has 0 aliphatic rings. The molecule has 0 heterocycles. The van der Waals surface area contributed by atoms with Crippen LogP contribution in [0.3, 0.4) is 0 Å². The highest BCUT2D eigenvalue weighted by Gasteiger charge is 2.21. The van der Waals surface area contributed by atoms with E-state index < -0.39 is 20.6 Å². The monoisotopic (exact) mass is 455 g/mol. The zero-order valence-corrected chi connectivity index (χ0v) is 17.3. The van der Waals surface area contributed by atoms with Gasteiger partial charge in [0, 0.05) is 16.8 Å². The van der Waals surface area contributed by atoms with E-state index in [1.165, 1.54) is 42.6 Å². The van der Waals surface area contributed by atoms with E-state index >= 15 is 0 Å². The summed E-state index contributed by atoms with van der Waals surface area (Å²) < 4.78 is 27.5. The number of nitrogens with one attached hydrogen (secondary N) is 2. The molecule has 0 saturated carbocycles. The summed E-state index contributed by atoms with van der Waals surface area (Å²) in [6.07, 6.45) is 1.41. The van der Waals surface area contributed by atoms with Gasteiger partial charge >= 0.3 is 0 Å². The molecule has 11 heteroatoms. The molecular formula is C20H14ClN5O4S. The second-order valence-electron chi connectivity index (χ2n) is 6.15. The van der Waals surface area contributed by atoms with E-state index in [0.717, 1.165) is 6.07 Å². The number of nitriles is 1. The number of nitrogens with zero attached hydrogens (tertiary/aromatic N) is 3. The van der Waals surface area contributed by atoms with Gasteiger partial charge in [-0.15, -0.1) is 0 Å². The van der Waals surface area contributed by atoms with Gasteiger partial charge in [-0.3, -0.25) is 20.3 Å². The van der Waals surface area contributed by atoms with E-state index in [1.807, 2.05) is 6.07 Å². The van der Waals surface area contributed by atoms with Crippen molar-refractivity contribution in [1.82, 2.24) is 0 Å². The molecular weight excluding hydrogens is 442 g/mol. The van der Waals surface area contributed by atoms with Crippen LogP contribution in [0, 0.1) is 21.4 Å². The standard InChI is InChI=1S/C20H14ClN5O4S/c21-16-5-7-17(8-6-16)25-31(29,30)18-9-10-19(20(11-18)26(27)28)24-23-13-15-3-1-14(12-22)2-4-15/h1-11,13,24-25H. The Kier molecular flexibility index (Phi) is 6.49. The molecule has 0 bridgehead atoms. The Morgan fingerprint density at radius 2 is 1.74 bits per heavy atom. The van der Waals surface area contributed by atoms with Gasteiger partial charge in [-0.05, 0) is 54.1 Å². The van der Waals surface area contributed by atoms with Crippen molar-refractivity contribution in [3.63, 3.8) is 0 Å². The highest BCUT2D eigenvalue weighted by atomic mass is 35.5. The number of hydrogen-bond donors (Lipinski definition) is 2. The van der Waals surface area contributed by atoms with E-state index in [4.69, 9.17) is 16.9 Å². The number of sulfonamides is 1. The average Bonchev–Trinajstić information content (AvgIpc) is 2.75. The van der Waals surface area contributed by atoms with Crippen molar-refractivity contribution in [3.8, 4) is 6.07 Å². The molecule has 0 radical (unpaired) electrons. The van der Waals surface area contributed by atoms with E-state index in [2.05, 4.69) is 15.2 Å². The van der Waals surface area contributed by atoms with Gasteiger partial charge in [0.2, 0.25) is 0 Å². The van der Waals surface area contributed by atoms with Crippen molar-refractivity contribution in [1.29, 1.82) is 5.26 Å². The Morgan fingerprint density at radius 1 is 1.06 bits per heavy atom. The van der Waals surface area contributed by atoms with E-state index in [-0.39, 0.29) is 16.3 Å². The normalized spacial score (nSPS) is 11.1. The van der Waals surface area contributed by atoms with Crippen LogP contribution in [0.15, 0.2) is 76.7 Å². The molecule has 156 valence electrons. The van der Waals surface area contributed by atoms with Crippen LogP contribution in [0.2, 0.25) is 5.02 Å². The molecule has 0 unspecified atom stereocenters. The third-order valence-corrected chi connectivity index (χ3v) is 5.64. The van der Waals surface area contributed by atoms with Gasteiger partial charge < -0.3 is 0 Å². The first-order valence-corrected chi connectivity index (χ1v) is 10.5. The molecule has 0 saturated heterocycles. The molecule has 0 aromatic heterocycles. The number of hydrogen-bond acceptors (Lipinski definition) is 7. The Morgan fingerprint density at radius 3 is 2.35 bits per heavy atom. The molecule has 2 N–H and O–H groups in total. The summed E-state index contributed by atoms with van der Waals surface area (Å²) in [4.78, 5) is 10.5. The summed E-state index contributed by atoms with van der Waals surface area (Å²) in [7, 11) is -4.06. The average molecular weight is 456 g/mol. The lowest BCUT2D eigenvalue weighted by atomic mass is 10.2. The number of rotatable bonds is 7. The zero-order chi connectivity index (χ0) is 22.4. The number of anilines is 2. The molecule has 0 atom stereocenters. The number of nitro benzene ring substituents is 1. The quantitative estimate of drug-likeness (QED) is 0.308. The molecule has 0 fully saturated rings. The van der Waals surface area contributed by atoms with Crippen LogP contribution in [0.5, 0.6) is 0 Å². The van der Waals surface area contributed by atoms with E-state index in [9.17, 15) is 18.5 Å². The van der Waals surface area contributed by atoms with Gasteiger partial charge in [-0.25, -0.2) is 8.42 Å². The van der Waals surface area contributed by atoms with Crippen LogP contribution in [0.25, 0.3) is 0 Å². The summed E-state index contributed by atoms with van der Waals surface area (Å²) in [5.41, 5.74) is 3.51. The van der Waals surface area contributed by atoms with Gasteiger partial charge in [-0.2, -0.15) is 10.4 Å². The molecule has 31 heavy (non-hydrogen) atoms. The molecule has 0 amide bonds. The van der Waals surface area contributed by atoms with Crippen molar-refractivity contribution in [2.24, 2.45) is 5.10 Å². The third-order valence-electron chi connectivity index (χ3n) is 4.01. The predicted molar refractivity (Wildman–Crippen MR) is 118 cm³/mol. The lowest BCUT2D eigenvalue weighted by Gasteiger charge is -2.09. The summed E-state index contributed by atoms with van der Waals surface area (Å²) in [5, 5.41) is 24.6. The van der Waals surface area contributed by atoms with Crippen molar-refractivity contribution >= 4 is 44.9 Å². The summed E-state index contributed by atoms with van der Waals surface area (Å²) >= 11 is 5.78. The Bertz CT molecular complexity index is 1280. The molecule has 0 aliphatic heterocycles. The van der Waals surface area contributed by atoms with Gasteiger partial charge in [0.1, 0.15) is 5.69 Å². The van der Waals surface area contributed by atoms with Gasteiger partial charge in [0.25, 0.3) is 15.7 Å². The van der Waals surface area contributed by atoms with Crippen LogP contribution in [-0.2, 0) is 10.0 Å². The maximum Gasteiger partial charge on any atom is 0.295 e. The molecule has 9 nitrogen and oxygen atoms in total. The fourth-order valence-corrected chi connectivity index (χ4v) is 3.68. The molecule has 0 spiro atoms. The molecule has 0 aliphatic carbocycles. The largest absolute Gasteiger partial charge is 0.295 e. The highest BCUT2D eigenvalue weighted by molar-refractivity contribution is 7.92.